The quantitative estimate of drug-likeness (QED) is 0.705. The van der Waals surface area contributed by atoms with Crippen molar-refractivity contribution in [3.63, 3.8) is 0 Å². The molecule has 1 aromatic carbocycles. The van der Waals surface area contributed by atoms with E-state index in [0.29, 0.717) is 9.90 Å². The van der Waals surface area contributed by atoms with E-state index in [0.717, 1.165) is 34.4 Å². The molecule has 1 saturated carbocycles. The molecule has 3 aromatic rings. The molecule has 2 heterocycles. The molecule has 134 valence electrons. The van der Waals surface area contributed by atoms with E-state index in [4.69, 9.17) is 11.6 Å². The number of aromatic nitrogens is 2. The molecular weight excluding hydrogens is 372 g/mol. The summed E-state index contributed by atoms with van der Waals surface area (Å²) in [4.78, 5) is 25.5. The lowest BCUT2D eigenvalue weighted by atomic mass is 10.3. The third-order valence-electron chi connectivity index (χ3n) is 4.20. The molecular formula is C18H17ClN4O2S. The average Bonchev–Trinajstić information content (AvgIpc) is 3.22. The summed E-state index contributed by atoms with van der Waals surface area (Å²) in [5, 5.41) is 11.6. The summed E-state index contributed by atoms with van der Waals surface area (Å²) < 4.78 is 1.76. The van der Waals surface area contributed by atoms with Gasteiger partial charge in [-0.05, 0) is 38.0 Å². The molecule has 0 spiro atoms. The average molecular weight is 389 g/mol. The van der Waals surface area contributed by atoms with Crippen molar-refractivity contribution in [3.8, 4) is 5.69 Å². The zero-order chi connectivity index (χ0) is 18.3. The Morgan fingerprint density at radius 3 is 2.85 bits per heavy atom. The van der Waals surface area contributed by atoms with Gasteiger partial charge < -0.3 is 10.6 Å². The van der Waals surface area contributed by atoms with Crippen LogP contribution < -0.4 is 10.6 Å². The SMILES string of the molecule is Cc1nn(-c2ccccc2Cl)c2sc(C(=O)NCC(=O)NC3CC3)cc12. The van der Waals surface area contributed by atoms with Crippen molar-refractivity contribution >= 4 is 45.0 Å². The first-order valence-electron chi connectivity index (χ1n) is 8.34. The fraction of sp³-hybridized carbons (Fsp3) is 0.278. The number of fused-ring (bicyclic) bond motifs is 1. The molecule has 8 heteroatoms. The number of para-hydroxylation sites is 1. The Labute approximate surface area is 159 Å². The van der Waals surface area contributed by atoms with Crippen molar-refractivity contribution in [2.24, 2.45) is 0 Å². The Morgan fingerprint density at radius 1 is 1.35 bits per heavy atom. The molecule has 2 amide bonds. The van der Waals surface area contributed by atoms with E-state index < -0.39 is 0 Å². The van der Waals surface area contributed by atoms with Crippen LogP contribution in [0, 0.1) is 6.92 Å². The van der Waals surface area contributed by atoms with Crippen LogP contribution >= 0.6 is 22.9 Å². The Bertz CT molecular complexity index is 1010. The largest absolute Gasteiger partial charge is 0.352 e. The van der Waals surface area contributed by atoms with Crippen LogP contribution in [-0.2, 0) is 4.79 Å². The van der Waals surface area contributed by atoms with E-state index in [1.54, 1.807) is 10.7 Å². The summed E-state index contributed by atoms with van der Waals surface area (Å²) in [6, 6.07) is 9.54. The molecule has 0 aliphatic heterocycles. The lowest BCUT2D eigenvalue weighted by Crippen LogP contribution is -2.37. The van der Waals surface area contributed by atoms with Crippen molar-refractivity contribution in [2.75, 3.05) is 6.54 Å². The molecule has 2 N–H and O–H groups in total. The number of carbonyl (C=O) groups is 2. The molecule has 0 atom stereocenters. The molecule has 0 unspecified atom stereocenters. The Morgan fingerprint density at radius 2 is 2.12 bits per heavy atom. The summed E-state index contributed by atoms with van der Waals surface area (Å²) in [5.41, 5.74) is 1.59. The fourth-order valence-corrected chi connectivity index (χ4v) is 4.01. The molecule has 0 saturated heterocycles. The van der Waals surface area contributed by atoms with Crippen LogP contribution in [-0.4, -0.2) is 34.2 Å². The standard InChI is InChI=1S/C18H17ClN4O2S/c1-10-12-8-15(17(25)20-9-16(24)21-11-6-7-11)26-18(12)23(22-10)14-5-3-2-4-13(14)19/h2-5,8,11H,6-7,9H2,1H3,(H,20,25)(H,21,24). The minimum absolute atomic E-state index is 0.0147. The van der Waals surface area contributed by atoms with Gasteiger partial charge in [0.2, 0.25) is 5.91 Å². The van der Waals surface area contributed by atoms with Crippen molar-refractivity contribution in [2.45, 2.75) is 25.8 Å². The van der Waals surface area contributed by atoms with Crippen molar-refractivity contribution < 1.29 is 9.59 Å². The van der Waals surface area contributed by atoms with Gasteiger partial charge in [-0.1, -0.05) is 23.7 Å². The van der Waals surface area contributed by atoms with Crippen LogP contribution in [0.15, 0.2) is 30.3 Å². The summed E-state index contributed by atoms with van der Waals surface area (Å²) in [6.45, 7) is 1.88. The second kappa shape index (κ2) is 6.74. The van der Waals surface area contributed by atoms with Gasteiger partial charge in [0.15, 0.2) is 0 Å². The molecule has 2 aromatic heterocycles. The maximum atomic E-state index is 12.4. The number of amides is 2. The summed E-state index contributed by atoms with van der Waals surface area (Å²) in [7, 11) is 0. The number of halogens is 1. The number of nitrogens with one attached hydrogen (secondary N) is 2. The maximum absolute atomic E-state index is 12.4. The number of thiophene rings is 1. The second-order valence-corrected chi connectivity index (χ2v) is 7.74. The summed E-state index contributed by atoms with van der Waals surface area (Å²) >= 11 is 7.62. The topological polar surface area (TPSA) is 76.0 Å². The number of rotatable bonds is 5. The number of aryl methyl sites for hydroxylation is 1. The highest BCUT2D eigenvalue weighted by molar-refractivity contribution is 7.20. The van der Waals surface area contributed by atoms with E-state index in [1.807, 2.05) is 31.2 Å². The zero-order valence-electron chi connectivity index (χ0n) is 14.1. The number of benzene rings is 1. The third kappa shape index (κ3) is 3.32. The number of carbonyl (C=O) groups excluding carboxylic acids is 2. The monoisotopic (exact) mass is 388 g/mol. The molecule has 1 aliphatic rings. The van der Waals surface area contributed by atoms with Crippen LogP contribution in [0.1, 0.15) is 28.2 Å². The highest BCUT2D eigenvalue weighted by Crippen LogP contribution is 2.32. The number of hydrogen-bond acceptors (Lipinski definition) is 4. The Kier molecular flexibility index (Phi) is 4.42. The maximum Gasteiger partial charge on any atom is 0.261 e. The van der Waals surface area contributed by atoms with Crippen LogP contribution in [0.5, 0.6) is 0 Å². The first-order chi connectivity index (χ1) is 12.5. The smallest absolute Gasteiger partial charge is 0.261 e. The van der Waals surface area contributed by atoms with Gasteiger partial charge in [-0.25, -0.2) is 4.68 Å². The predicted molar refractivity (Wildman–Crippen MR) is 102 cm³/mol. The minimum atomic E-state index is -0.262. The first-order valence-corrected chi connectivity index (χ1v) is 9.54. The lowest BCUT2D eigenvalue weighted by Gasteiger charge is -2.05. The molecule has 1 fully saturated rings. The van der Waals surface area contributed by atoms with Crippen molar-refractivity contribution in [1.82, 2.24) is 20.4 Å². The number of hydrogen-bond donors (Lipinski definition) is 2. The molecule has 0 radical (unpaired) electrons. The Balaban J connectivity index is 1.57. The van der Waals surface area contributed by atoms with Crippen LogP contribution in [0.25, 0.3) is 15.9 Å². The van der Waals surface area contributed by atoms with E-state index in [9.17, 15) is 9.59 Å². The van der Waals surface area contributed by atoms with Crippen molar-refractivity contribution in [3.05, 3.63) is 45.9 Å². The molecule has 1 aliphatic carbocycles. The fourth-order valence-electron chi connectivity index (χ4n) is 2.70. The van der Waals surface area contributed by atoms with E-state index in [-0.39, 0.29) is 24.4 Å². The van der Waals surface area contributed by atoms with Gasteiger partial charge in [0.05, 0.1) is 27.8 Å². The van der Waals surface area contributed by atoms with E-state index in [2.05, 4.69) is 15.7 Å². The summed E-state index contributed by atoms with van der Waals surface area (Å²) in [6.07, 6.45) is 2.04. The molecule has 6 nitrogen and oxygen atoms in total. The van der Waals surface area contributed by atoms with Gasteiger partial charge in [-0.3, -0.25) is 9.59 Å². The van der Waals surface area contributed by atoms with Gasteiger partial charge in [-0.2, -0.15) is 5.10 Å². The highest BCUT2D eigenvalue weighted by atomic mass is 35.5. The van der Waals surface area contributed by atoms with Crippen LogP contribution in [0.4, 0.5) is 0 Å². The van der Waals surface area contributed by atoms with E-state index >= 15 is 0 Å². The number of nitrogens with zero attached hydrogens (tertiary/aromatic N) is 2. The first kappa shape index (κ1) is 17.1. The predicted octanol–water partition coefficient (Wildman–Crippen LogP) is 3.06. The lowest BCUT2D eigenvalue weighted by molar-refractivity contribution is -0.120. The normalized spacial score (nSPS) is 13.8. The Hall–Kier alpha value is -2.38. The molecule has 26 heavy (non-hydrogen) atoms. The van der Waals surface area contributed by atoms with E-state index in [1.165, 1.54) is 11.3 Å². The third-order valence-corrected chi connectivity index (χ3v) is 5.63. The zero-order valence-corrected chi connectivity index (χ0v) is 15.7. The van der Waals surface area contributed by atoms with Crippen LogP contribution in [0.2, 0.25) is 5.02 Å². The summed E-state index contributed by atoms with van der Waals surface area (Å²) in [5.74, 6) is -0.414. The second-order valence-electron chi connectivity index (χ2n) is 6.30. The highest BCUT2D eigenvalue weighted by Gasteiger charge is 2.23. The van der Waals surface area contributed by atoms with Gasteiger partial charge in [0.25, 0.3) is 5.91 Å². The van der Waals surface area contributed by atoms with Gasteiger partial charge in [-0.15, -0.1) is 11.3 Å². The molecule has 4 rings (SSSR count). The van der Waals surface area contributed by atoms with Gasteiger partial charge in [0, 0.05) is 11.4 Å². The van der Waals surface area contributed by atoms with Crippen LogP contribution in [0.3, 0.4) is 0 Å². The van der Waals surface area contributed by atoms with Gasteiger partial charge in [0.1, 0.15) is 4.83 Å². The minimum Gasteiger partial charge on any atom is -0.352 e. The van der Waals surface area contributed by atoms with Gasteiger partial charge >= 0.3 is 0 Å². The molecule has 0 bridgehead atoms. The van der Waals surface area contributed by atoms with Crippen molar-refractivity contribution in [1.29, 1.82) is 0 Å².